The number of sulfonamides is 1. The van der Waals surface area contributed by atoms with Crippen molar-refractivity contribution in [1.82, 2.24) is 9.21 Å². The van der Waals surface area contributed by atoms with E-state index in [1.165, 1.54) is 18.4 Å². The lowest BCUT2D eigenvalue weighted by Crippen LogP contribution is -2.27. The minimum atomic E-state index is -3.55. The van der Waals surface area contributed by atoms with Crippen molar-refractivity contribution >= 4 is 33.3 Å². The van der Waals surface area contributed by atoms with Crippen molar-refractivity contribution in [3.05, 3.63) is 47.0 Å². The molecule has 2 aromatic carbocycles. The number of nitrogens with one attached hydrogen (secondary N) is 1. The van der Waals surface area contributed by atoms with E-state index in [0.29, 0.717) is 17.8 Å². The predicted octanol–water partition coefficient (Wildman–Crippen LogP) is 2.22. The van der Waals surface area contributed by atoms with Crippen molar-refractivity contribution in [2.24, 2.45) is 5.16 Å². The van der Waals surface area contributed by atoms with Gasteiger partial charge in [-0.2, -0.15) is 0 Å². The molecule has 192 valence electrons. The number of nitrogens with zero attached hydrogens (tertiary/aromatic N) is 3. The molecule has 11 heteroatoms. The van der Waals surface area contributed by atoms with Gasteiger partial charge in [0, 0.05) is 32.7 Å². The van der Waals surface area contributed by atoms with Gasteiger partial charge in [-0.15, -0.1) is 0 Å². The second kappa shape index (κ2) is 10.00. The zero-order valence-corrected chi connectivity index (χ0v) is 21.8. The molecule has 10 nitrogen and oxygen atoms in total. The molecule has 0 radical (unpaired) electrons. The number of hydrogen-bond acceptors (Lipinski definition) is 8. The number of fused-ring (bicyclic) bond motifs is 3. The summed E-state index contributed by atoms with van der Waals surface area (Å²) in [6.45, 7) is 4.53. The van der Waals surface area contributed by atoms with Crippen molar-refractivity contribution in [2.45, 2.75) is 37.8 Å². The number of oxime groups is 1. The molecule has 1 amide bonds. The Balaban J connectivity index is 1.75. The lowest BCUT2D eigenvalue weighted by atomic mass is 9.87. The summed E-state index contributed by atoms with van der Waals surface area (Å²) in [6.07, 6.45) is 0.487. The van der Waals surface area contributed by atoms with E-state index in [0.717, 1.165) is 35.2 Å². The molecule has 0 aliphatic carbocycles. The average molecular weight is 515 g/mol. The number of hydrogen-bond donors (Lipinski definition) is 1. The predicted molar refractivity (Wildman–Crippen MR) is 135 cm³/mol. The smallest absolute Gasteiger partial charge is 0.347 e. The van der Waals surface area contributed by atoms with Crippen LogP contribution in [0.2, 0.25) is 0 Å². The topological polar surface area (TPSA) is 118 Å². The van der Waals surface area contributed by atoms with Gasteiger partial charge in [0.05, 0.1) is 16.7 Å². The van der Waals surface area contributed by atoms with Crippen molar-refractivity contribution in [3.8, 4) is 11.1 Å². The molecule has 0 unspecified atom stereocenters. The quantitative estimate of drug-likeness (QED) is 0.445. The van der Waals surface area contributed by atoms with Crippen LogP contribution in [0.5, 0.6) is 0 Å². The summed E-state index contributed by atoms with van der Waals surface area (Å²) in [4.78, 5) is 32.1. The molecular weight excluding hydrogens is 484 g/mol. The van der Waals surface area contributed by atoms with Crippen LogP contribution < -0.4 is 5.32 Å². The first-order valence-electron chi connectivity index (χ1n) is 11.6. The van der Waals surface area contributed by atoms with Crippen LogP contribution in [-0.4, -0.2) is 75.6 Å². The van der Waals surface area contributed by atoms with E-state index >= 15 is 0 Å². The van der Waals surface area contributed by atoms with Crippen LogP contribution >= 0.6 is 0 Å². The van der Waals surface area contributed by atoms with Gasteiger partial charge >= 0.3 is 5.97 Å². The molecule has 2 aromatic rings. The number of amides is 1. The maximum Gasteiger partial charge on any atom is 0.347 e. The van der Waals surface area contributed by atoms with Gasteiger partial charge in [-0.1, -0.05) is 17.3 Å². The number of carbonyl (C=O) groups is 2. The Morgan fingerprint density at radius 3 is 2.50 bits per heavy atom. The molecule has 2 aliphatic heterocycles. The molecular formula is C25H30N4O6S. The molecule has 36 heavy (non-hydrogen) atoms. The minimum absolute atomic E-state index is 0.0754. The van der Waals surface area contributed by atoms with Crippen LogP contribution in [0.4, 0.5) is 5.69 Å². The standard InChI is InChI=1S/C25H30N4O6S/c1-15(2)35-22(30)14-34-27-24-20-12-19(16-6-8-17(9-7-16)36(32,33)28(3)4)18-10-11-29(5)13-21(18)23(20)26-25(24)31/h6-9,12,15H,10-11,13-14H2,1-5H3,(H,26,27,31). The first kappa shape index (κ1) is 25.8. The van der Waals surface area contributed by atoms with E-state index in [-0.39, 0.29) is 16.7 Å². The fourth-order valence-corrected chi connectivity index (χ4v) is 5.23. The van der Waals surface area contributed by atoms with Crippen LogP contribution in [0.1, 0.15) is 30.5 Å². The third kappa shape index (κ3) is 4.99. The molecule has 0 aromatic heterocycles. The van der Waals surface area contributed by atoms with Gasteiger partial charge in [0.2, 0.25) is 16.6 Å². The first-order chi connectivity index (χ1) is 17.0. The van der Waals surface area contributed by atoms with Crippen LogP contribution in [0.3, 0.4) is 0 Å². The lowest BCUT2D eigenvalue weighted by molar-refractivity contribution is -0.152. The number of ether oxygens (including phenoxy) is 1. The van der Waals surface area contributed by atoms with Crippen LogP contribution in [-0.2, 0) is 42.2 Å². The summed E-state index contributed by atoms with van der Waals surface area (Å²) in [5, 5.41) is 6.88. The monoisotopic (exact) mass is 514 g/mol. The molecule has 0 spiro atoms. The summed E-state index contributed by atoms with van der Waals surface area (Å²) in [5.41, 5.74) is 5.14. The Morgan fingerprint density at radius 1 is 1.17 bits per heavy atom. The number of benzene rings is 2. The lowest BCUT2D eigenvalue weighted by Gasteiger charge is -2.29. The Morgan fingerprint density at radius 2 is 1.86 bits per heavy atom. The fourth-order valence-electron chi connectivity index (χ4n) is 4.33. The summed E-state index contributed by atoms with van der Waals surface area (Å²) < 4.78 is 31.2. The van der Waals surface area contributed by atoms with Gasteiger partial charge in [0.25, 0.3) is 5.91 Å². The third-order valence-corrected chi connectivity index (χ3v) is 7.91. The second-order valence-corrected chi connectivity index (χ2v) is 11.5. The molecule has 2 aliphatic rings. The van der Waals surface area contributed by atoms with Gasteiger partial charge in [-0.05, 0) is 67.8 Å². The third-order valence-electron chi connectivity index (χ3n) is 6.08. The maximum atomic E-state index is 12.8. The highest BCUT2D eigenvalue weighted by atomic mass is 32.2. The Bertz CT molecular complexity index is 1330. The molecule has 0 fully saturated rings. The van der Waals surface area contributed by atoms with E-state index in [9.17, 15) is 18.0 Å². The van der Waals surface area contributed by atoms with Crippen molar-refractivity contribution in [2.75, 3.05) is 39.6 Å². The molecule has 0 bridgehead atoms. The summed E-state index contributed by atoms with van der Waals surface area (Å²) >= 11 is 0. The van der Waals surface area contributed by atoms with Gasteiger partial charge in [0.1, 0.15) is 0 Å². The maximum absolute atomic E-state index is 12.8. The molecule has 0 saturated heterocycles. The zero-order chi connectivity index (χ0) is 26.2. The molecule has 4 rings (SSSR count). The Kier molecular flexibility index (Phi) is 7.17. The zero-order valence-electron chi connectivity index (χ0n) is 21.0. The van der Waals surface area contributed by atoms with E-state index < -0.39 is 28.5 Å². The first-order valence-corrected chi connectivity index (χ1v) is 13.0. The molecule has 2 heterocycles. The van der Waals surface area contributed by atoms with Crippen molar-refractivity contribution < 1.29 is 27.6 Å². The van der Waals surface area contributed by atoms with Gasteiger partial charge in [-0.25, -0.2) is 17.5 Å². The van der Waals surface area contributed by atoms with E-state index in [4.69, 9.17) is 9.57 Å². The van der Waals surface area contributed by atoms with Gasteiger partial charge < -0.3 is 19.8 Å². The van der Waals surface area contributed by atoms with Crippen molar-refractivity contribution in [3.63, 3.8) is 0 Å². The second-order valence-electron chi connectivity index (χ2n) is 9.31. The van der Waals surface area contributed by atoms with Crippen LogP contribution in [0, 0.1) is 0 Å². The van der Waals surface area contributed by atoms with Crippen LogP contribution in [0.15, 0.2) is 40.4 Å². The molecule has 1 N–H and O–H groups in total. The summed E-state index contributed by atoms with van der Waals surface area (Å²) in [5.74, 6) is -0.990. The molecule has 0 saturated carbocycles. The highest BCUT2D eigenvalue weighted by Gasteiger charge is 2.34. The number of likely N-dealkylation sites (N-methyl/N-ethyl adjacent to an activating group) is 1. The van der Waals surface area contributed by atoms with Crippen molar-refractivity contribution in [1.29, 1.82) is 0 Å². The van der Waals surface area contributed by atoms with Gasteiger partial charge in [-0.3, -0.25) is 4.79 Å². The van der Waals surface area contributed by atoms with Gasteiger partial charge in [0.15, 0.2) is 5.71 Å². The number of rotatable bonds is 7. The normalized spacial score (nSPS) is 16.8. The summed E-state index contributed by atoms with van der Waals surface area (Å²) in [6, 6.07) is 8.59. The molecule has 0 atom stereocenters. The largest absolute Gasteiger partial charge is 0.460 e. The Labute approximate surface area is 210 Å². The number of carbonyl (C=O) groups excluding carboxylic acids is 2. The van der Waals surface area contributed by atoms with Crippen LogP contribution in [0.25, 0.3) is 11.1 Å². The Hall–Kier alpha value is -3.28. The SMILES string of the molecule is CC(C)OC(=O)CON=C1C(=O)Nc2c1cc(-c1ccc(S(=O)(=O)N(C)C)cc1)c1c2CN(C)CC1. The van der Waals surface area contributed by atoms with E-state index in [1.54, 1.807) is 38.1 Å². The highest BCUT2D eigenvalue weighted by molar-refractivity contribution is 7.89. The van der Waals surface area contributed by atoms with E-state index in [1.807, 2.05) is 13.1 Å². The summed E-state index contributed by atoms with van der Waals surface area (Å²) in [7, 11) is 1.44. The number of esters is 1. The highest BCUT2D eigenvalue weighted by Crippen LogP contribution is 2.40. The van der Waals surface area contributed by atoms with E-state index in [2.05, 4.69) is 15.4 Å². The average Bonchev–Trinajstić information content (AvgIpc) is 3.13. The fraction of sp³-hybridized carbons (Fsp3) is 0.400. The number of anilines is 1. The minimum Gasteiger partial charge on any atom is -0.460 e.